The van der Waals surface area contributed by atoms with Crippen molar-refractivity contribution < 1.29 is 14.3 Å². The average molecular weight is 322 g/mol. The van der Waals surface area contributed by atoms with Gasteiger partial charge in [0.15, 0.2) is 0 Å². The van der Waals surface area contributed by atoms with E-state index in [1.165, 1.54) is 6.07 Å². The molecule has 0 saturated heterocycles. The van der Waals surface area contributed by atoms with Crippen LogP contribution in [0.25, 0.3) is 0 Å². The van der Waals surface area contributed by atoms with E-state index in [2.05, 4.69) is 5.32 Å². The number of nitrogens with one attached hydrogen (secondary N) is 1. The molecule has 1 N–H and O–H groups in total. The van der Waals surface area contributed by atoms with Gasteiger partial charge in [0.25, 0.3) is 5.91 Å². The van der Waals surface area contributed by atoms with Gasteiger partial charge in [0.1, 0.15) is 0 Å². The van der Waals surface area contributed by atoms with Gasteiger partial charge in [-0.15, -0.1) is 0 Å². The number of nitrogens with zero attached hydrogens (tertiary/aromatic N) is 1. The largest absolute Gasteiger partial charge is 0.462 e. The molecule has 0 fully saturated rings. The number of anilines is 1. The summed E-state index contributed by atoms with van der Waals surface area (Å²) in [5.74, 6) is -0.429. The molecule has 2 aromatic carbocycles. The zero-order valence-electron chi connectivity index (χ0n) is 13.6. The predicted octanol–water partition coefficient (Wildman–Crippen LogP) is 3.62. The van der Waals surface area contributed by atoms with Crippen molar-refractivity contribution in [2.24, 2.45) is 5.92 Å². The molecule has 0 heterocycles. The molecule has 5 heteroatoms. The maximum atomic E-state index is 12.2. The fourth-order valence-electron chi connectivity index (χ4n) is 1.95. The third-order valence-electron chi connectivity index (χ3n) is 3.18. The van der Waals surface area contributed by atoms with Crippen LogP contribution >= 0.6 is 0 Å². The summed E-state index contributed by atoms with van der Waals surface area (Å²) in [6.45, 7) is 4.30. The Bertz CT molecular complexity index is 774. The molecule has 0 atom stereocenters. The molecule has 2 aromatic rings. The van der Waals surface area contributed by atoms with Gasteiger partial charge in [0.05, 0.1) is 23.8 Å². The topological polar surface area (TPSA) is 79.2 Å². The van der Waals surface area contributed by atoms with Gasteiger partial charge in [0, 0.05) is 11.3 Å². The highest BCUT2D eigenvalue weighted by molar-refractivity contribution is 6.04. The Morgan fingerprint density at radius 3 is 2.46 bits per heavy atom. The van der Waals surface area contributed by atoms with Crippen LogP contribution in [0.3, 0.4) is 0 Å². The van der Waals surface area contributed by atoms with Gasteiger partial charge in [-0.1, -0.05) is 19.9 Å². The van der Waals surface area contributed by atoms with E-state index >= 15 is 0 Å². The van der Waals surface area contributed by atoms with Gasteiger partial charge >= 0.3 is 5.97 Å². The van der Waals surface area contributed by atoms with Crippen molar-refractivity contribution in [3.8, 4) is 6.07 Å². The van der Waals surface area contributed by atoms with Crippen LogP contribution in [0.5, 0.6) is 0 Å². The Hall–Kier alpha value is -3.13. The lowest BCUT2D eigenvalue weighted by atomic mass is 10.1. The molecule has 0 aliphatic rings. The standard InChI is InChI=1S/C19H18N2O3/c1-13(2)12-24-19(23)15-6-8-17(9-7-15)21-18(22)16-5-3-4-14(10-16)11-20/h3-10,13H,12H2,1-2H3,(H,21,22). The zero-order chi connectivity index (χ0) is 17.5. The summed E-state index contributed by atoms with van der Waals surface area (Å²) in [6, 6.07) is 14.9. The molecule has 0 aromatic heterocycles. The summed E-state index contributed by atoms with van der Waals surface area (Å²) in [7, 11) is 0. The average Bonchev–Trinajstić information content (AvgIpc) is 2.60. The van der Waals surface area contributed by atoms with E-state index in [0.717, 1.165) is 0 Å². The number of ether oxygens (including phenoxy) is 1. The van der Waals surface area contributed by atoms with Gasteiger partial charge in [-0.2, -0.15) is 5.26 Å². The van der Waals surface area contributed by atoms with E-state index in [1.807, 2.05) is 19.9 Å². The number of rotatable bonds is 5. The molecular formula is C19H18N2O3. The summed E-state index contributed by atoms with van der Waals surface area (Å²) in [6.07, 6.45) is 0. The lowest BCUT2D eigenvalue weighted by Gasteiger charge is -2.08. The number of hydrogen-bond acceptors (Lipinski definition) is 4. The number of hydrogen-bond donors (Lipinski definition) is 1. The fourth-order valence-corrected chi connectivity index (χ4v) is 1.95. The van der Waals surface area contributed by atoms with Crippen LogP contribution in [-0.4, -0.2) is 18.5 Å². The highest BCUT2D eigenvalue weighted by Crippen LogP contribution is 2.13. The summed E-state index contributed by atoms with van der Waals surface area (Å²) in [5, 5.41) is 11.6. The summed E-state index contributed by atoms with van der Waals surface area (Å²) in [5.41, 5.74) is 1.81. The summed E-state index contributed by atoms with van der Waals surface area (Å²) < 4.78 is 5.15. The maximum absolute atomic E-state index is 12.2. The molecule has 0 aliphatic heterocycles. The Morgan fingerprint density at radius 2 is 1.83 bits per heavy atom. The number of nitriles is 1. The minimum Gasteiger partial charge on any atom is -0.462 e. The molecule has 0 aliphatic carbocycles. The maximum Gasteiger partial charge on any atom is 0.338 e. The lowest BCUT2D eigenvalue weighted by molar-refractivity contribution is 0.0459. The third kappa shape index (κ3) is 4.68. The SMILES string of the molecule is CC(C)COC(=O)c1ccc(NC(=O)c2cccc(C#N)c2)cc1. The first-order valence-electron chi connectivity index (χ1n) is 7.58. The van der Waals surface area contributed by atoms with Crippen LogP contribution < -0.4 is 5.32 Å². The quantitative estimate of drug-likeness (QED) is 0.853. The van der Waals surface area contributed by atoms with E-state index in [9.17, 15) is 9.59 Å². The highest BCUT2D eigenvalue weighted by Gasteiger charge is 2.10. The molecule has 1 amide bonds. The second kappa shape index (κ2) is 7.93. The van der Waals surface area contributed by atoms with E-state index < -0.39 is 0 Å². The minimum absolute atomic E-state index is 0.275. The number of carbonyl (C=O) groups excluding carboxylic acids is 2. The van der Waals surface area contributed by atoms with Crippen molar-refractivity contribution in [2.45, 2.75) is 13.8 Å². The first-order chi connectivity index (χ1) is 11.5. The predicted molar refractivity (Wildman–Crippen MR) is 90.7 cm³/mol. The van der Waals surface area contributed by atoms with Gasteiger partial charge in [-0.25, -0.2) is 4.79 Å². The monoisotopic (exact) mass is 322 g/mol. The van der Waals surface area contributed by atoms with Crippen molar-refractivity contribution in [2.75, 3.05) is 11.9 Å². The Kier molecular flexibility index (Phi) is 5.69. The van der Waals surface area contributed by atoms with Gasteiger partial charge in [0.2, 0.25) is 0 Å². The van der Waals surface area contributed by atoms with Crippen LogP contribution in [-0.2, 0) is 4.74 Å². The second-order valence-electron chi connectivity index (χ2n) is 5.72. The van der Waals surface area contributed by atoms with E-state index in [4.69, 9.17) is 10.00 Å². The Balaban J connectivity index is 2.02. The van der Waals surface area contributed by atoms with Crippen molar-refractivity contribution in [1.29, 1.82) is 5.26 Å². The van der Waals surface area contributed by atoms with E-state index in [0.29, 0.717) is 29.0 Å². The molecule has 24 heavy (non-hydrogen) atoms. The molecule has 5 nitrogen and oxygen atoms in total. The smallest absolute Gasteiger partial charge is 0.338 e. The lowest BCUT2D eigenvalue weighted by Crippen LogP contribution is -2.13. The van der Waals surface area contributed by atoms with Crippen molar-refractivity contribution in [3.05, 3.63) is 65.2 Å². The normalized spacial score (nSPS) is 10.1. The Labute approximate surface area is 140 Å². The second-order valence-corrected chi connectivity index (χ2v) is 5.72. The van der Waals surface area contributed by atoms with E-state index in [1.54, 1.807) is 42.5 Å². The van der Waals surface area contributed by atoms with Crippen molar-refractivity contribution in [1.82, 2.24) is 0 Å². The summed E-state index contributed by atoms with van der Waals surface area (Å²) in [4.78, 5) is 24.0. The first kappa shape index (κ1) is 17.2. The molecule has 0 saturated carbocycles. The third-order valence-corrected chi connectivity index (χ3v) is 3.18. The molecule has 0 bridgehead atoms. The number of benzene rings is 2. The van der Waals surface area contributed by atoms with Crippen LogP contribution in [0.4, 0.5) is 5.69 Å². The van der Waals surface area contributed by atoms with Crippen LogP contribution in [0.1, 0.15) is 40.1 Å². The van der Waals surface area contributed by atoms with Crippen LogP contribution in [0.15, 0.2) is 48.5 Å². The van der Waals surface area contributed by atoms with E-state index in [-0.39, 0.29) is 17.8 Å². The minimum atomic E-state index is -0.386. The molecule has 0 radical (unpaired) electrons. The van der Waals surface area contributed by atoms with Gasteiger partial charge in [-0.3, -0.25) is 4.79 Å². The Morgan fingerprint density at radius 1 is 1.12 bits per heavy atom. The molecule has 2 rings (SSSR count). The zero-order valence-corrected chi connectivity index (χ0v) is 13.6. The number of esters is 1. The highest BCUT2D eigenvalue weighted by atomic mass is 16.5. The number of carbonyl (C=O) groups is 2. The molecule has 0 unspecified atom stereocenters. The molecular weight excluding hydrogens is 304 g/mol. The fraction of sp³-hybridized carbons (Fsp3) is 0.211. The van der Waals surface area contributed by atoms with Crippen LogP contribution in [0.2, 0.25) is 0 Å². The van der Waals surface area contributed by atoms with Crippen molar-refractivity contribution >= 4 is 17.6 Å². The summed E-state index contributed by atoms with van der Waals surface area (Å²) >= 11 is 0. The first-order valence-corrected chi connectivity index (χ1v) is 7.58. The van der Waals surface area contributed by atoms with Gasteiger partial charge in [-0.05, 0) is 48.4 Å². The molecule has 122 valence electrons. The van der Waals surface area contributed by atoms with Gasteiger partial charge < -0.3 is 10.1 Å². The number of amides is 1. The van der Waals surface area contributed by atoms with Crippen molar-refractivity contribution in [3.63, 3.8) is 0 Å². The molecule has 0 spiro atoms. The van der Waals surface area contributed by atoms with Crippen LogP contribution in [0, 0.1) is 17.2 Å².